The van der Waals surface area contributed by atoms with Crippen LogP contribution in [0.15, 0.2) is 35.3 Å². The summed E-state index contributed by atoms with van der Waals surface area (Å²) in [6.07, 6.45) is 33.4. The molecule has 21 nitrogen and oxygen atoms in total. The fourth-order valence-electron chi connectivity index (χ4n) is 9.79. The number of amides is 3. The number of hydrogen-bond donors (Lipinski definition) is 4. The topological polar surface area (TPSA) is 310 Å². The van der Waals surface area contributed by atoms with Gasteiger partial charge >= 0.3 is 71.1 Å². The fraction of sp³-hybridized carbons (Fsp3) is 0.719. The van der Waals surface area contributed by atoms with E-state index in [1.54, 1.807) is 37.4 Å². The number of esters is 2. The Kier molecular flexibility index (Phi) is 48.6. The predicted molar refractivity (Wildman–Crippen MR) is 327 cm³/mol. The van der Waals surface area contributed by atoms with Gasteiger partial charge in [-0.15, -0.1) is 0 Å². The van der Waals surface area contributed by atoms with E-state index in [9.17, 15) is 48.1 Å². The van der Waals surface area contributed by atoms with Crippen molar-refractivity contribution in [2.24, 2.45) is 0 Å². The number of phosphoric ester groups is 1. The molecule has 3 rings (SSSR count). The average Bonchev–Trinajstić information content (AvgIpc) is 2.37. The van der Waals surface area contributed by atoms with Crippen molar-refractivity contribution in [2.45, 2.75) is 264 Å². The van der Waals surface area contributed by atoms with Crippen molar-refractivity contribution >= 4 is 54.6 Å². The monoisotopic (exact) mass is 1270 g/mol. The van der Waals surface area contributed by atoms with E-state index < -0.39 is 62.9 Å². The number of nitrogens with zero attached hydrogens (tertiary/aromatic N) is 3. The molecule has 2 aromatic heterocycles. The molecule has 0 fully saturated rings. The molecule has 0 aliphatic carbocycles. The second-order valence-corrected chi connectivity index (χ2v) is 24.0. The molecule has 4 N–H and O–H groups in total. The zero-order chi connectivity index (χ0) is 62.5. The Morgan fingerprint density at radius 1 is 0.602 bits per heavy atom. The SMILES string of the molecule is CCCCCCCCCCCCCCCC(=O)OC[C@H](COP(=O)([O-])OCCNC(=O)CCCCCNC(=O)CC[C@H](NC(=O)c1ccc(CCc2cnc3nc(C)[nH]c(=O)c3n2)cc1)C(=O)[O-])OC(=O)CCCCCCCCCCCCCCC.[Na+].[Na+]. The fourth-order valence-corrected chi connectivity index (χ4v) is 10.5. The van der Waals surface area contributed by atoms with Gasteiger partial charge in [-0.1, -0.05) is 187 Å². The van der Waals surface area contributed by atoms with Gasteiger partial charge in [0.1, 0.15) is 12.4 Å². The van der Waals surface area contributed by atoms with E-state index in [0.29, 0.717) is 56.5 Å². The molecule has 0 saturated carbocycles. The number of fused-ring (bicyclic) bond motifs is 1. The molecule has 88 heavy (non-hydrogen) atoms. The van der Waals surface area contributed by atoms with E-state index in [2.05, 4.69) is 49.7 Å². The van der Waals surface area contributed by atoms with Gasteiger partial charge in [0.05, 0.1) is 37.1 Å². The molecule has 0 aliphatic heterocycles. The Labute approximate surface area is 567 Å². The average molecular weight is 1270 g/mol. The molecule has 3 aromatic rings. The van der Waals surface area contributed by atoms with Gasteiger partial charge in [0, 0.05) is 44.3 Å². The minimum absolute atomic E-state index is 0. The van der Waals surface area contributed by atoms with Gasteiger partial charge in [-0.2, -0.15) is 0 Å². The summed E-state index contributed by atoms with van der Waals surface area (Å²) in [5.74, 6) is -3.51. The summed E-state index contributed by atoms with van der Waals surface area (Å²) in [4.78, 5) is 116. The van der Waals surface area contributed by atoms with Crippen molar-refractivity contribution in [2.75, 3.05) is 32.9 Å². The molecule has 3 amide bonds. The number of carbonyl (C=O) groups is 6. The van der Waals surface area contributed by atoms with Crippen LogP contribution in [0.3, 0.4) is 0 Å². The molecule has 24 heteroatoms. The Morgan fingerprint density at radius 2 is 1.10 bits per heavy atom. The summed E-state index contributed by atoms with van der Waals surface area (Å²) >= 11 is 0. The predicted octanol–water partition coefficient (Wildman–Crippen LogP) is 4.16. The van der Waals surface area contributed by atoms with Crippen LogP contribution in [0.25, 0.3) is 11.2 Å². The van der Waals surface area contributed by atoms with Gasteiger partial charge in [0.15, 0.2) is 17.3 Å². The molecule has 1 unspecified atom stereocenters. The third-order valence-electron chi connectivity index (χ3n) is 14.9. The Balaban J connectivity index is 0.0000194. The maximum atomic E-state index is 12.9. The van der Waals surface area contributed by atoms with Crippen LogP contribution in [-0.4, -0.2) is 101 Å². The molecule has 0 aliphatic rings. The number of ether oxygens (including phenoxy) is 2. The number of aryl methyl sites for hydroxylation is 3. The van der Waals surface area contributed by atoms with Crippen molar-refractivity contribution in [3.8, 4) is 0 Å². The first-order valence-corrected chi connectivity index (χ1v) is 33.9. The number of carboxylic acid groups (broad SMARTS) is 1. The van der Waals surface area contributed by atoms with Crippen LogP contribution in [-0.2, 0) is 59.9 Å². The molecule has 0 saturated heterocycles. The number of aliphatic carboxylic acids is 1. The first-order chi connectivity index (χ1) is 41.6. The van der Waals surface area contributed by atoms with Crippen LogP contribution in [0.4, 0.5) is 0 Å². The maximum Gasteiger partial charge on any atom is 1.00 e. The summed E-state index contributed by atoms with van der Waals surface area (Å²) in [7, 11) is -4.92. The van der Waals surface area contributed by atoms with Crippen LogP contribution >= 0.6 is 7.82 Å². The van der Waals surface area contributed by atoms with Gasteiger partial charge in [0.2, 0.25) is 11.8 Å². The third kappa shape index (κ3) is 41.0. The summed E-state index contributed by atoms with van der Waals surface area (Å²) < 4.78 is 33.7. The maximum absolute atomic E-state index is 12.9. The quantitative estimate of drug-likeness (QED) is 0.0267. The van der Waals surface area contributed by atoms with Crippen LogP contribution in [0.5, 0.6) is 0 Å². The van der Waals surface area contributed by atoms with Crippen molar-refractivity contribution < 1.29 is 121 Å². The van der Waals surface area contributed by atoms with Crippen LogP contribution in [0.2, 0.25) is 0 Å². The Hall–Kier alpha value is -3.63. The minimum Gasteiger partial charge on any atom is -0.756 e. The zero-order valence-corrected chi connectivity index (χ0v) is 58.9. The smallest absolute Gasteiger partial charge is 0.756 e. The number of hydrogen-bond acceptors (Lipinski definition) is 17. The normalized spacial score (nSPS) is 12.5. The number of aromatic amines is 1. The van der Waals surface area contributed by atoms with Crippen LogP contribution in [0, 0.1) is 6.92 Å². The van der Waals surface area contributed by atoms with Gasteiger partial charge < -0.3 is 54.3 Å². The number of carboxylic acids is 1. The van der Waals surface area contributed by atoms with E-state index in [1.807, 2.05) is 0 Å². The number of phosphoric acid groups is 1. The standard InChI is InChI=1S/C64H104N7O14P.2Na/c1-4-6-8-10-12-14-16-18-20-22-24-26-30-34-58(74)82-48-54(85-59(75)35-31-27-25-23-21-19-17-15-13-11-9-7-5-2)49-84-86(80,81)83-46-45-66-56(72)33-29-28-32-44-65-57(73)43-42-55(64(78)79)71-62(76)52-39-36-51(37-40-52)38-41-53-47-67-61-60(70-53)63(77)69-50(3)68-61;;/h36-37,39-40,47,54-55H,4-35,38,41-46,48-49H2,1-3H3,(H,65,73)(H,66,72)(H,71,76)(H,78,79)(H,80,81)(H,67,68,69,77);;/q;2*+1/p-2/t54-,55+;;/m1../s1. The Morgan fingerprint density at radius 3 is 1.66 bits per heavy atom. The summed E-state index contributed by atoms with van der Waals surface area (Å²) in [5, 5.41) is 19.6. The van der Waals surface area contributed by atoms with Crippen molar-refractivity contribution in [1.29, 1.82) is 0 Å². The van der Waals surface area contributed by atoms with Gasteiger partial charge in [-0.3, -0.25) is 33.3 Å². The Bertz CT molecular complexity index is 2530. The zero-order valence-electron chi connectivity index (χ0n) is 54.0. The van der Waals surface area contributed by atoms with Gasteiger partial charge in [0.25, 0.3) is 19.3 Å². The van der Waals surface area contributed by atoms with Gasteiger partial charge in [-0.25, -0.2) is 15.0 Å². The van der Waals surface area contributed by atoms with Crippen LogP contribution in [0.1, 0.15) is 260 Å². The first kappa shape index (κ1) is 82.4. The van der Waals surface area contributed by atoms with E-state index in [4.69, 9.17) is 18.5 Å². The van der Waals surface area contributed by atoms with E-state index in [-0.39, 0.29) is 139 Å². The largest absolute Gasteiger partial charge is 1.00 e. The molecule has 1 aromatic carbocycles. The summed E-state index contributed by atoms with van der Waals surface area (Å²) in [5.41, 5.74) is 1.71. The molecule has 3 atom stereocenters. The van der Waals surface area contributed by atoms with E-state index in [0.717, 1.165) is 44.1 Å². The van der Waals surface area contributed by atoms with E-state index >= 15 is 0 Å². The number of aromatic nitrogens is 4. The molecule has 0 bridgehead atoms. The van der Waals surface area contributed by atoms with E-state index in [1.165, 1.54) is 116 Å². The van der Waals surface area contributed by atoms with Crippen molar-refractivity contribution in [3.63, 3.8) is 0 Å². The minimum atomic E-state index is -4.92. The number of rotatable bonds is 53. The molecular weight excluding hydrogens is 1170 g/mol. The molecule has 0 radical (unpaired) electrons. The number of H-pyrrole nitrogens is 1. The van der Waals surface area contributed by atoms with Crippen molar-refractivity contribution in [1.82, 2.24) is 35.9 Å². The summed E-state index contributed by atoms with van der Waals surface area (Å²) in [6, 6.07) is 5.14. The second kappa shape index (κ2) is 51.9. The molecule has 0 spiro atoms. The molecule has 484 valence electrons. The second-order valence-electron chi connectivity index (χ2n) is 22.6. The molecular formula is C64H102N7Na2O14P. The number of carbonyl (C=O) groups excluding carboxylic acids is 6. The number of benzene rings is 1. The van der Waals surface area contributed by atoms with Crippen molar-refractivity contribution in [3.05, 3.63) is 63.5 Å². The number of nitrogens with one attached hydrogen (secondary N) is 4. The third-order valence-corrected chi connectivity index (χ3v) is 15.9. The number of unbranched alkanes of at least 4 members (excludes halogenated alkanes) is 26. The molecule has 2 heterocycles. The first-order valence-electron chi connectivity index (χ1n) is 32.4. The van der Waals surface area contributed by atoms with Crippen LogP contribution < -0.4 is 90.6 Å². The summed E-state index contributed by atoms with van der Waals surface area (Å²) in [6.45, 7) is 4.86. The van der Waals surface area contributed by atoms with Gasteiger partial charge in [-0.05, 0) is 69.6 Å².